The normalized spacial score (nSPS) is 10.7. The highest BCUT2D eigenvalue weighted by atomic mass is 79.9. The number of rotatable bonds is 0. The van der Waals surface area contributed by atoms with E-state index in [9.17, 15) is 0 Å². The van der Waals surface area contributed by atoms with Crippen LogP contribution >= 0.6 is 15.9 Å². The molecule has 0 spiro atoms. The molecule has 1 heterocycles. The van der Waals surface area contributed by atoms with Gasteiger partial charge in [0.15, 0.2) is 6.33 Å². The summed E-state index contributed by atoms with van der Waals surface area (Å²) in [6, 6.07) is 5.93. The van der Waals surface area contributed by atoms with Gasteiger partial charge in [0.05, 0.1) is 11.0 Å². The van der Waals surface area contributed by atoms with Gasteiger partial charge in [0.1, 0.15) is 0 Å². The Kier molecular flexibility index (Phi) is 1.46. The summed E-state index contributed by atoms with van der Waals surface area (Å²) in [6.45, 7) is 0. The lowest BCUT2D eigenvalue weighted by molar-refractivity contribution is 0.934. The van der Waals surface area contributed by atoms with Crippen molar-refractivity contribution in [1.82, 2.24) is 9.55 Å². The maximum absolute atomic E-state index is 4.09. The van der Waals surface area contributed by atoms with Gasteiger partial charge in [0.2, 0.25) is 0 Å². The first kappa shape index (κ1) is 6.85. The van der Waals surface area contributed by atoms with Gasteiger partial charge in [-0.2, -0.15) is 0 Å². The number of para-hydroxylation sites is 1. The van der Waals surface area contributed by atoms with Crippen LogP contribution in [0.3, 0.4) is 0 Å². The lowest BCUT2D eigenvalue weighted by Crippen LogP contribution is -1.84. The minimum Gasteiger partial charge on any atom is -0.324 e. The van der Waals surface area contributed by atoms with Crippen LogP contribution in [0.25, 0.3) is 11.0 Å². The Balaban J connectivity index is 2.96. The number of aryl methyl sites for hydroxylation is 1. The van der Waals surface area contributed by atoms with Crippen molar-refractivity contribution in [3.05, 3.63) is 29.0 Å². The fourth-order valence-corrected chi connectivity index (χ4v) is 1.73. The lowest BCUT2D eigenvalue weighted by Gasteiger charge is -1.95. The van der Waals surface area contributed by atoms with Gasteiger partial charge >= 0.3 is 0 Å². The molecule has 1 aromatic carbocycles. The van der Waals surface area contributed by atoms with Crippen molar-refractivity contribution >= 4 is 27.0 Å². The molecular weight excluding hydrogens is 204 g/mol. The largest absolute Gasteiger partial charge is 0.324 e. The zero-order valence-electron chi connectivity index (χ0n) is 6.00. The topological polar surface area (TPSA) is 17.8 Å². The fourth-order valence-electron chi connectivity index (χ4n) is 1.11. The molecule has 0 atom stereocenters. The molecule has 0 saturated carbocycles. The van der Waals surface area contributed by atoms with Crippen molar-refractivity contribution < 1.29 is 0 Å². The molecule has 0 amide bonds. The van der Waals surface area contributed by atoms with E-state index in [1.54, 1.807) is 0 Å². The number of hydrogen-bond donors (Lipinski definition) is 0. The summed E-state index contributed by atoms with van der Waals surface area (Å²) in [5.41, 5.74) is 2.06. The van der Waals surface area contributed by atoms with Gasteiger partial charge in [-0.3, -0.25) is 0 Å². The molecule has 2 rings (SSSR count). The number of halogens is 1. The smallest absolute Gasteiger partial charge is 0.177 e. The highest BCUT2D eigenvalue weighted by molar-refractivity contribution is 9.10. The highest BCUT2D eigenvalue weighted by Crippen LogP contribution is 2.21. The second-order valence-electron chi connectivity index (χ2n) is 2.38. The van der Waals surface area contributed by atoms with Gasteiger partial charge in [-0.25, -0.2) is 4.98 Å². The molecule has 0 aliphatic heterocycles. The molecule has 0 aliphatic carbocycles. The van der Waals surface area contributed by atoms with Crippen LogP contribution in [0.5, 0.6) is 0 Å². The first-order chi connectivity index (χ1) is 5.29. The van der Waals surface area contributed by atoms with E-state index in [0.717, 1.165) is 15.5 Å². The standard InChI is InChI=1S/C8H6BrN2/c1-11-5-10-7-4-2-3-6(9)8(7)11/h2-4H,1H3. The summed E-state index contributed by atoms with van der Waals surface area (Å²) in [5, 5.41) is 0. The van der Waals surface area contributed by atoms with Gasteiger partial charge < -0.3 is 4.57 Å². The predicted molar refractivity (Wildman–Crippen MR) is 47.3 cm³/mol. The first-order valence-electron chi connectivity index (χ1n) is 3.27. The third kappa shape index (κ3) is 0.959. The van der Waals surface area contributed by atoms with E-state index in [-0.39, 0.29) is 0 Å². The maximum Gasteiger partial charge on any atom is 0.177 e. The number of imidazole rings is 1. The van der Waals surface area contributed by atoms with Crippen molar-refractivity contribution in [2.45, 2.75) is 0 Å². The van der Waals surface area contributed by atoms with Crippen LogP contribution in [0.1, 0.15) is 0 Å². The molecule has 1 aromatic heterocycles. The number of hydrogen-bond acceptors (Lipinski definition) is 1. The molecule has 2 nitrogen and oxygen atoms in total. The Bertz CT molecular complexity index is 392. The minimum atomic E-state index is 0.974. The van der Waals surface area contributed by atoms with Crippen LogP contribution in [0.4, 0.5) is 0 Å². The molecule has 0 unspecified atom stereocenters. The van der Waals surface area contributed by atoms with E-state index in [1.165, 1.54) is 0 Å². The predicted octanol–water partition coefficient (Wildman–Crippen LogP) is 2.14. The molecule has 2 aromatic rings. The Hall–Kier alpha value is -0.830. The van der Waals surface area contributed by atoms with Crippen molar-refractivity contribution in [3.8, 4) is 0 Å². The second kappa shape index (κ2) is 2.34. The molecule has 1 radical (unpaired) electrons. The average Bonchev–Trinajstić information content (AvgIpc) is 2.34. The quantitative estimate of drug-likeness (QED) is 0.651. The molecule has 0 fully saturated rings. The van der Waals surface area contributed by atoms with E-state index in [4.69, 9.17) is 0 Å². The first-order valence-corrected chi connectivity index (χ1v) is 4.07. The minimum absolute atomic E-state index is 0.974. The lowest BCUT2D eigenvalue weighted by atomic mass is 10.3. The summed E-state index contributed by atoms with van der Waals surface area (Å²) < 4.78 is 2.94. The summed E-state index contributed by atoms with van der Waals surface area (Å²) in [7, 11) is 1.93. The van der Waals surface area contributed by atoms with Gasteiger partial charge in [0, 0.05) is 11.5 Å². The Morgan fingerprint density at radius 2 is 2.36 bits per heavy atom. The van der Waals surface area contributed by atoms with E-state index in [0.29, 0.717) is 0 Å². The Labute approximate surface area is 73.0 Å². The summed E-state index contributed by atoms with van der Waals surface area (Å²) in [4.78, 5) is 4.09. The van der Waals surface area contributed by atoms with Crippen molar-refractivity contribution in [3.63, 3.8) is 0 Å². The molecule has 55 valence electrons. The zero-order valence-corrected chi connectivity index (χ0v) is 7.59. The van der Waals surface area contributed by atoms with E-state index >= 15 is 0 Å². The highest BCUT2D eigenvalue weighted by Gasteiger charge is 2.01. The van der Waals surface area contributed by atoms with Crippen LogP contribution in [0.2, 0.25) is 0 Å². The fraction of sp³-hybridized carbons (Fsp3) is 0.125. The van der Waals surface area contributed by atoms with Crippen LogP contribution < -0.4 is 0 Å². The average molecular weight is 210 g/mol. The third-order valence-corrected chi connectivity index (χ3v) is 2.26. The number of fused-ring (bicyclic) bond motifs is 1. The molecule has 0 saturated heterocycles. The molecule has 3 heteroatoms. The van der Waals surface area contributed by atoms with Gasteiger partial charge in [-0.15, -0.1) is 0 Å². The molecular formula is C8H6BrN2. The van der Waals surface area contributed by atoms with E-state index in [1.807, 2.05) is 29.8 Å². The van der Waals surface area contributed by atoms with Crippen molar-refractivity contribution in [1.29, 1.82) is 0 Å². The molecule has 0 aliphatic rings. The third-order valence-electron chi connectivity index (χ3n) is 1.62. The zero-order chi connectivity index (χ0) is 7.84. The van der Waals surface area contributed by atoms with Gasteiger partial charge in [0.25, 0.3) is 0 Å². The summed E-state index contributed by atoms with van der Waals surface area (Å²) >= 11 is 3.45. The van der Waals surface area contributed by atoms with E-state index in [2.05, 4.69) is 27.2 Å². The van der Waals surface area contributed by atoms with Crippen LogP contribution in [-0.2, 0) is 7.05 Å². The number of nitrogens with zero attached hydrogens (tertiary/aromatic N) is 2. The Morgan fingerprint density at radius 1 is 1.55 bits per heavy atom. The van der Waals surface area contributed by atoms with Crippen molar-refractivity contribution in [2.24, 2.45) is 7.05 Å². The van der Waals surface area contributed by atoms with Crippen molar-refractivity contribution in [2.75, 3.05) is 0 Å². The Morgan fingerprint density at radius 3 is 3.09 bits per heavy atom. The summed E-state index contributed by atoms with van der Waals surface area (Å²) in [6.07, 6.45) is 2.85. The number of aromatic nitrogens is 2. The SMILES string of the molecule is Cn1[c]nc2cccc(Br)c21. The van der Waals surface area contributed by atoms with Crippen LogP contribution in [0, 0.1) is 6.33 Å². The molecule has 11 heavy (non-hydrogen) atoms. The maximum atomic E-state index is 4.09. The van der Waals surface area contributed by atoms with Crippen LogP contribution in [0.15, 0.2) is 22.7 Å². The summed E-state index contributed by atoms with van der Waals surface area (Å²) in [5.74, 6) is 0. The molecule has 0 bridgehead atoms. The van der Waals surface area contributed by atoms with Gasteiger partial charge in [-0.05, 0) is 28.1 Å². The number of benzene rings is 1. The van der Waals surface area contributed by atoms with E-state index < -0.39 is 0 Å². The van der Waals surface area contributed by atoms with Crippen LogP contribution in [-0.4, -0.2) is 9.55 Å². The monoisotopic (exact) mass is 209 g/mol. The van der Waals surface area contributed by atoms with Gasteiger partial charge in [-0.1, -0.05) is 6.07 Å². The second-order valence-corrected chi connectivity index (χ2v) is 3.23. The molecule has 0 N–H and O–H groups in total.